The van der Waals surface area contributed by atoms with E-state index in [9.17, 15) is 0 Å². The number of hydrogen-bond acceptors (Lipinski definition) is 0. The second kappa shape index (κ2) is 7.05. The van der Waals surface area contributed by atoms with Gasteiger partial charge in [0.05, 0.1) is 0 Å². The molecule has 0 bridgehead atoms. The number of fused-ring (bicyclic) bond motifs is 5. The minimum absolute atomic E-state index is 1.11. The van der Waals surface area contributed by atoms with Crippen molar-refractivity contribution in [2.24, 2.45) is 41.4 Å². The summed E-state index contributed by atoms with van der Waals surface area (Å²) in [6.07, 6.45) is 17.3. The van der Waals surface area contributed by atoms with Gasteiger partial charge in [0.1, 0.15) is 0 Å². The van der Waals surface area contributed by atoms with Crippen LogP contribution in [0.2, 0.25) is 0 Å². The van der Waals surface area contributed by atoms with E-state index in [-0.39, 0.29) is 0 Å². The van der Waals surface area contributed by atoms with Crippen molar-refractivity contribution in [3.63, 3.8) is 0 Å². The van der Waals surface area contributed by atoms with Crippen molar-refractivity contribution in [2.75, 3.05) is 0 Å². The van der Waals surface area contributed by atoms with Crippen LogP contribution in [0.4, 0.5) is 0 Å². The van der Waals surface area contributed by atoms with E-state index in [1.165, 1.54) is 6.42 Å². The summed E-state index contributed by atoms with van der Waals surface area (Å²) in [5.41, 5.74) is 0. The van der Waals surface area contributed by atoms with Gasteiger partial charge in [0.25, 0.3) is 0 Å². The van der Waals surface area contributed by atoms with Gasteiger partial charge in [0, 0.05) is 0 Å². The van der Waals surface area contributed by atoms with E-state index in [0.717, 1.165) is 41.4 Å². The highest BCUT2D eigenvalue weighted by atomic mass is 14.6. The van der Waals surface area contributed by atoms with E-state index in [0.29, 0.717) is 0 Å². The Bertz CT molecular complexity index is 320. The van der Waals surface area contributed by atoms with Crippen molar-refractivity contribution < 1.29 is 0 Å². The van der Waals surface area contributed by atoms with Crippen LogP contribution in [0.1, 0.15) is 91.4 Å². The predicted molar refractivity (Wildman–Crippen MR) is 92.2 cm³/mol. The van der Waals surface area contributed by atoms with Gasteiger partial charge in [-0.2, -0.15) is 0 Å². The van der Waals surface area contributed by atoms with Crippen molar-refractivity contribution in [1.29, 1.82) is 0 Å². The molecule has 4 fully saturated rings. The van der Waals surface area contributed by atoms with Crippen molar-refractivity contribution in [1.82, 2.24) is 0 Å². The monoisotopic (exact) mass is 290 g/mol. The largest absolute Gasteiger partial charge is 0.0683 e. The molecule has 0 amide bonds. The lowest BCUT2D eigenvalue weighted by Crippen LogP contribution is -2.47. The molecule has 122 valence electrons. The van der Waals surface area contributed by atoms with E-state index in [4.69, 9.17) is 0 Å². The van der Waals surface area contributed by atoms with Crippen LogP contribution in [0, 0.1) is 41.4 Å². The Balaban J connectivity index is 0.000000636. The van der Waals surface area contributed by atoms with Crippen LogP contribution in [-0.4, -0.2) is 0 Å². The highest BCUT2D eigenvalue weighted by Crippen LogP contribution is 2.60. The zero-order chi connectivity index (χ0) is 14.8. The van der Waals surface area contributed by atoms with Crippen LogP contribution >= 0.6 is 0 Å². The van der Waals surface area contributed by atoms with Crippen molar-refractivity contribution in [3.05, 3.63) is 0 Å². The Morgan fingerprint density at radius 1 is 0.667 bits per heavy atom. The van der Waals surface area contributed by atoms with Gasteiger partial charge in [0.2, 0.25) is 0 Å². The first-order valence-electron chi connectivity index (χ1n) is 10.4. The zero-order valence-electron chi connectivity index (χ0n) is 14.8. The third-order valence-electron chi connectivity index (χ3n) is 7.77. The van der Waals surface area contributed by atoms with Crippen LogP contribution in [0.3, 0.4) is 0 Å². The van der Waals surface area contributed by atoms with Gasteiger partial charge >= 0.3 is 0 Å². The fourth-order valence-electron chi connectivity index (χ4n) is 7.12. The predicted octanol–water partition coefficient (Wildman–Crippen LogP) is 6.69. The van der Waals surface area contributed by atoms with Crippen LogP contribution < -0.4 is 0 Å². The van der Waals surface area contributed by atoms with Crippen molar-refractivity contribution in [2.45, 2.75) is 91.4 Å². The highest BCUT2D eigenvalue weighted by molar-refractivity contribution is 5.01. The lowest BCUT2D eigenvalue weighted by Gasteiger charge is -2.55. The van der Waals surface area contributed by atoms with Crippen molar-refractivity contribution >= 4 is 0 Å². The SMILES string of the molecule is CC.CCC1CC2CCCCC2C2CCC3CCCC3C12. The molecule has 21 heavy (non-hydrogen) atoms. The van der Waals surface area contributed by atoms with E-state index in [2.05, 4.69) is 6.92 Å². The Kier molecular flexibility index (Phi) is 5.33. The van der Waals surface area contributed by atoms with E-state index in [1.807, 2.05) is 13.8 Å². The van der Waals surface area contributed by atoms with Crippen molar-refractivity contribution in [3.8, 4) is 0 Å². The molecule has 0 heteroatoms. The van der Waals surface area contributed by atoms with E-state index >= 15 is 0 Å². The molecule has 4 saturated carbocycles. The summed E-state index contributed by atoms with van der Waals surface area (Å²) in [7, 11) is 0. The Morgan fingerprint density at radius 3 is 2.19 bits per heavy atom. The summed E-state index contributed by atoms with van der Waals surface area (Å²) in [5.74, 6) is 8.02. The fraction of sp³-hybridized carbons (Fsp3) is 1.00. The molecule has 7 atom stereocenters. The topological polar surface area (TPSA) is 0 Å². The maximum absolute atomic E-state index is 2.49. The summed E-state index contributed by atoms with van der Waals surface area (Å²) in [5, 5.41) is 0. The first kappa shape index (κ1) is 15.9. The maximum atomic E-state index is 2.49. The summed E-state index contributed by atoms with van der Waals surface area (Å²) in [4.78, 5) is 0. The second-order valence-corrected chi connectivity index (χ2v) is 8.29. The Morgan fingerprint density at radius 2 is 1.38 bits per heavy atom. The quantitative estimate of drug-likeness (QED) is 0.504. The second-order valence-electron chi connectivity index (χ2n) is 8.29. The number of rotatable bonds is 1. The molecule has 0 nitrogen and oxygen atoms in total. The first-order valence-corrected chi connectivity index (χ1v) is 10.4. The first-order chi connectivity index (χ1) is 10.4. The normalized spacial score (nSPS) is 48.4. The molecule has 0 aromatic heterocycles. The van der Waals surface area contributed by atoms with Gasteiger partial charge in [-0.3, -0.25) is 0 Å². The summed E-state index contributed by atoms with van der Waals surface area (Å²) < 4.78 is 0. The third-order valence-corrected chi connectivity index (χ3v) is 7.77. The van der Waals surface area contributed by atoms with E-state index in [1.54, 1.807) is 64.2 Å². The molecule has 4 aliphatic rings. The van der Waals surface area contributed by atoms with Crippen LogP contribution in [0.5, 0.6) is 0 Å². The number of hydrogen-bond donors (Lipinski definition) is 0. The zero-order valence-corrected chi connectivity index (χ0v) is 14.8. The molecule has 0 N–H and O–H groups in total. The summed E-state index contributed by atoms with van der Waals surface area (Å²) in [6, 6.07) is 0. The molecule has 0 radical (unpaired) electrons. The summed E-state index contributed by atoms with van der Waals surface area (Å²) in [6.45, 7) is 6.49. The molecule has 0 aromatic carbocycles. The molecule has 0 heterocycles. The maximum Gasteiger partial charge on any atom is -0.0324 e. The molecule has 4 aliphatic carbocycles. The van der Waals surface area contributed by atoms with Crippen LogP contribution in [-0.2, 0) is 0 Å². The lowest BCUT2D eigenvalue weighted by atomic mass is 9.50. The standard InChI is InChI=1S/C19H32.C2H6/c1-2-13-12-15-6-3-4-8-16(15)18-11-10-14-7-5-9-17(14)19(13)18;1-2/h13-19H,2-12H2,1H3;1-2H3. The molecular weight excluding hydrogens is 252 g/mol. The molecule has 4 rings (SSSR count). The summed E-state index contributed by atoms with van der Waals surface area (Å²) >= 11 is 0. The Labute approximate surface area is 133 Å². The van der Waals surface area contributed by atoms with E-state index < -0.39 is 0 Å². The molecular formula is C21H38. The van der Waals surface area contributed by atoms with Crippen LogP contribution in [0.15, 0.2) is 0 Å². The van der Waals surface area contributed by atoms with Gasteiger partial charge < -0.3 is 0 Å². The lowest BCUT2D eigenvalue weighted by molar-refractivity contribution is -0.0586. The van der Waals surface area contributed by atoms with Gasteiger partial charge in [0.15, 0.2) is 0 Å². The molecule has 0 saturated heterocycles. The van der Waals surface area contributed by atoms with Crippen LogP contribution in [0.25, 0.3) is 0 Å². The smallest absolute Gasteiger partial charge is 0.0324 e. The average molecular weight is 291 g/mol. The van der Waals surface area contributed by atoms with Gasteiger partial charge in [-0.1, -0.05) is 59.3 Å². The Hall–Kier alpha value is 0. The minimum atomic E-state index is 1.11. The highest BCUT2D eigenvalue weighted by Gasteiger charge is 2.51. The molecule has 0 aliphatic heterocycles. The fourth-order valence-corrected chi connectivity index (χ4v) is 7.12. The molecule has 7 unspecified atom stereocenters. The molecule has 0 spiro atoms. The van der Waals surface area contributed by atoms with Gasteiger partial charge in [-0.05, 0) is 73.5 Å². The average Bonchev–Trinajstić information content (AvgIpc) is 3.04. The minimum Gasteiger partial charge on any atom is -0.0683 e. The van der Waals surface area contributed by atoms with Gasteiger partial charge in [-0.25, -0.2) is 0 Å². The third kappa shape index (κ3) is 2.81. The molecule has 0 aromatic rings. The van der Waals surface area contributed by atoms with Gasteiger partial charge in [-0.15, -0.1) is 0 Å².